The van der Waals surface area contributed by atoms with Gasteiger partial charge >= 0.3 is 0 Å². The van der Waals surface area contributed by atoms with Gasteiger partial charge in [0.25, 0.3) is 11.8 Å². The SMILES string of the molecule is C=Cc1ccc(C(=O)N(C)C2CCN(C(=O)c3cocn3)C2)cc1. The van der Waals surface area contributed by atoms with Gasteiger partial charge in [-0.25, -0.2) is 4.98 Å². The Morgan fingerprint density at radius 3 is 2.75 bits per heavy atom. The third-order valence-electron chi connectivity index (χ3n) is 4.36. The summed E-state index contributed by atoms with van der Waals surface area (Å²) in [4.78, 5) is 32.2. The summed E-state index contributed by atoms with van der Waals surface area (Å²) in [7, 11) is 1.78. The molecule has 0 aliphatic carbocycles. The number of carbonyl (C=O) groups is 2. The lowest BCUT2D eigenvalue weighted by Gasteiger charge is -2.25. The molecular formula is C18H19N3O3. The predicted octanol–water partition coefficient (Wildman–Crippen LogP) is 2.30. The molecule has 1 aromatic heterocycles. The predicted molar refractivity (Wildman–Crippen MR) is 89.4 cm³/mol. The van der Waals surface area contributed by atoms with Gasteiger partial charge in [-0.05, 0) is 24.1 Å². The molecule has 1 aliphatic rings. The third kappa shape index (κ3) is 3.08. The molecule has 3 rings (SSSR count). The molecular weight excluding hydrogens is 306 g/mol. The van der Waals surface area contributed by atoms with Gasteiger partial charge < -0.3 is 14.2 Å². The normalized spacial score (nSPS) is 16.9. The number of nitrogens with zero attached hydrogens (tertiary/aromatic N) is 3. The van der Waals surface area contributed by atoms with Crippen molar-refractivity contribution in [3.05, 3.63) is 60.3 Å². The van der Waals surface area contributed by atoms with Crippen LogP contribution in [0.25, 0.3) is 6.08 Å². The van der Waals surface area contributed by atoms with Crippen LogP contribution in [0.4, 0.5) is 0 Å². The number of hydrogen-bond donors (Lipinski definition) is 0. The lowest BCUT2D eigenvalue weighted by Crippen LogP contribution is -2.40. The van der Waals surface area contributed by atoms with E-state index < -0.39 is 0 Å². The zero-order chi connectivity index (χ0) is 17.1. The highest BCUT2D eigenvalue weighted by Gasteiger charge is 2.32. The molecule has 0 N–H and O–H groups in total. The van der Waals surface area contributed by atoms with Crippen LogP contribution >= 0.6 is 0 Å². The Morgan fingerprint density at radius 2 is 2.12 bits per heavy atom. The molecule has 6 nitrogen and oxygen atoms in total. The average molecular weight is 325 g/mol. The van der Waals surface area contributed by atoms with Crippen molar-refractivity contribution in [2.75, 3.05) is 20.1 Å². The van der Waals surface area contributed by atoms with E-state index in [-0.39, 0.29) is 17.9 Å². The minimum atomic E-state index is -0.164. The summed E-state index contributed by atoms with van der Waals surface area (Å²) in [5.74, 6) is -0.214. The van der Waals surface area contributed by atoms with E-state index in [1.807, 2.05) is 12.1 Å². The van der Waals surface area contributed by atoms with Gasteiger partial charge in [-0.1, -0.05) is 24.8 Å². The minimum absolute atomic E-state index is 0.00701. The van der Waals surface area contributed by atoms with Gasteiger partial charge in [0.1, 0.15) is 6.26 Å². The first kappa shape index (κ1) is 16.0. The Hall–Kier alpha value is -2.89. The topological polar surface area (TPSA) is 66.7 Å². The van der Waals surface area contributed by atoms with E-state index in [1.54, 1.807) is 35.1 Å². The monoisotopic (exact) mass is 325 g/mol. The van der Waals surface area contributed by atoms with E-state index in [9.17, 15) is 9.59 Å². The van der Waals surface area contributed by atoms with E-state index in [1.165, 1.54) is 12.7 Å². The van der Waals surface area contributed by atoms with E-state index >= 15 is 0 Å². The third-order valence-corrected chi connectivity index (χ3v) is 4.36. The molecule has 1 aromatic carbocycles. The number of benzene rings is 1. The zero-order valence-electron chi connectivity index (χ0n) is 13.5. The van der Waals surface area contributed by atoms with Crippen molar-refractivity contribution < 1.29 is 14.0 Å². The smallest absolute Gasteiger partial charge is 0.275 e. The Morgan fingerprint density at radius 1 is 1.38 bits per heavy atom. The van der Waals surface area contributed by atoms with Crippen LogP contribution in [0.15, 0.2) is 47.9 Å². The fraction of sp³-hybridized carbons (Fsp3) is 0.278. The highest BCUT2D eigenvalue weighted by molar-refractivity contribution is 5.95. The maximum absolute atomic E-state index is 12.6. The van der Waals surface area contributed by atoms with Gasteiger partial charge in [0.05, 0.1) is 6.04 Å². The molecule has 0 spiro atoms. The Balaban J connectivity index is 1.65. The summed E-state index contributed by atoms with van der Waals surface area (Å²) in [6.07, 6.45) is 5.06. The van der Waals surface area contributed by atoms with Gasteiger partial charge in [-0.2, -0.15) is 0 Å². The number of aromatic nitrogens is 1. The van der Waals surface area contributed by atoms with Crippen molar-refractivity contribution >= 4 is 17.9 Å². The number of likely N-dealkylation sites (tertiary alicyclic amines) is 1. The molecule has 124 valence electrons. The van der Waals surface area contributed by atoms with Crippen molar-refractivity contribution in [2.45, 2.75) is 12.5 Å². The lowest BCUT2D eigenvalue weighted by molar-refractivity contribution is 0.0699. The van der Waals surface area contributed by atoms with Crippen LogP contribution in [0.5, 0.6) is 0 Å². The van der Waals surface area contributed by atoms with Gasteiger partial charge in [0.2, 0.25) is 0 Å². The van der Waals surface area contributed by atoms with Crippen molar-refractivity contribution in [3.8, 4) is 0 Å². The van der Waals surface area contributed by atoms with E-state index in [0.29, 0.717) is 24.3 Å². The van der Waals surface area contributed by atoms with Gasteiger partial charge in [-0.15, -0.1) is 0 Å². The second kappa shape index (κ2) is 6.70. The number of oxazole rings is 1. The molecule has 1 atom stereocenters. The molecule has 24 heavy (non-hydrogen) atoms. The summed E-state index contributed by atoms with van der Waals surface area (Å²) in [6.45, 7) is 4.80. The Kier molecular flexibility index (Phi) is 4.46. The van der Waals surface area contributed by atoms with Crippen LogP contribution in [0.3, 0.4) is 0 Å². The molecule has 6 heteroatoms. The molecule has 0 bridgehead atoms. The molecule has 1 fully saturated rings. The van der Waals surface area contributed by atoms with E-state index in [4.69, 9.17) is 4.42 Å². The van der Waals surface area contributed by atoms with Crippen molar-refractivity contribution in [1.82, 2.24) is 14.8 Å². The number of carbonyl (C=O) groups excluding carboxylic acids is 2. The van der Waals surface area contributed by atoms with Gasteiger partial charge in [0, 0.05) is 25.7 Å². The van der Waals surface area contributed by atoms with Crippen molar-refractivity contribution in [1.29, 1.82) is 0 Å². The summed E-state index contributed by atoms with van der Waals surface area (Å²) >= 11 is 0. The van der Waals surface area contributed by atoms with Crippen LogP contribution in [0.1, 0.15) is 32.8 Å². The number of amides is 2. The molecule has 1 aliphatic heterocycles. The maximum Gasteiger partial charge on any atom is 0.275 e. The summed E-state index contributed by atoms with van der Waals surface area (Å²) in [5, 5.41) is 0. The van der Waals surface area contributed by atoms with Crippen molar-refractivity contribution in [3.63, 3.8) is 0 Å². The molecule has 1 unspecified atom stereocenters. The minimum Gasteiger partial charge on any atom is -0.451 e. The fourth-order valence-electron chi connectivity index (χ4n) is 2.85. The quantitative estimate of drug-likeness (QED) is 0.865. The number of rotatable bonds is 4. The first-order valence-electron chi connectivity index (χ1n) is 7.77. The molecule has 2 heterocycles. The first-order valence-corrected chi connectivity index (χ1v) is 7.77. The second-order valence-electron chi connectivity index (χ2n) is 5.81. The molecule has 2 amide bonds. The largest absolute Gasteiger partial charge is 0.451 e. The van der Waals surface area contributed by atoms with Gasteiger partial charge in [0.15, 0.2) is 12.1 Å². The summed E-state index contributed by atoms with van der Waals surface area (Å²) < 4.78 is 4.85. The highest BCUT2D eigenvalue weighted by atomic mass is 16.3. The molecule has 1 saturated heterocycles. The van der Waals surface area contributed by atoms with E-state index in [0.717, 1.165) is 12.0 Å². The summed E-state index contributed by atoms with van der Waals surface area (Å²) in [5.41, 5.74) is 1.90. The zero-order valence-corrected chi connectivity index (χ0v) is 13.5. The number of hydrogen-bond acceptors (Lipinski definition) is 4. The molecule has 0 radical (unpaired) electrons. The van der Waals surface area contributed by atoms with E-state index in [2.05, 4.69) is 11.6 Å². The lowest BCUT2D eigenvalue weighted by atomic mass is 10.1. The molecule has 0 saturated carbocycles. The summed E-state index contributed by atoms with van der Waals surface area (Å²) in [6, 6.07) is 7.31. The van der Waals surface area contributed by atoms with Crippen molar-refractivity contribution in [2.24, 2.45) is 0 Å². The highest BCUT2D eigenvalue weighted by Crippen LogP contribution is 2.19. The number of likely N-dealkylation sites (N-methyl/N-ethyl adjacent to an activating group) is 1. The Bertz CT molecular complexity index is 737. The van der Waals surface area contributed by atoms with Crippen LogP contribution in [0.2, 0.25) is 0 Å². The second-order valence-corrected chi connectivity index (χ2v) is 5.81. The van der Waals surface area contributed by atoms with Crippen LogP contribution in [-0.4, -0.2) is 52.8 Å². The standard InChI is InChI=1S/C18H19N3O3/c1-3-13-4-6-14(7-5-13)17(22)20(2)15-8-9-21(10-15)18(23)16-11-24-12-19-16/h3-7,11-12,15H,1,8-10H2,2H3. The Labute approximate surface area is 140 Å². The molecule has 2 aromatic rings. The van der Waals surface area contributed by atoms with Crippen LogP contribution < -0.4 is 0 Å². The maximum atomic E-state index is 12.6. The van der Waals surface area contributed by atoms with Crippen LogP contribution in [0, 0.1) is 0 Å². The first-order chi connectivity index (χ1) is 11.6. The fourth-order valence-corrected chi connectivity index (χ4v) is 2.85. The van der Waals surface area contributed by atoms with Gasteiger partial charge in [-0.3, -0.25) is 9.59 Å². The average Bonchev–Trinajstić information content (AvgIpc) is 3.31. The van der Waals surface area contributed by atoms with Crippen LogP contribution in [-0.2, 0) is 0 Å².